The predicted octanol–water partition coefficient (Wildman–Crippen LogP) is 8.43. The zero-order valence-electron chi connectivity index (χ0n) is 47.2. The van der Waals surface area contributed by atoms with E-state index in [2.05, 4.69) is 286 Å². The van der Waals surface area contributed by atoms with Gasteiger partial charge >= 0.3 is 16.5 Å². The molecule has 0 N–H and O–H groups in total. The number of nitriles is 3. The first-order valence-electron chi connectivity index (χ1n) is 26.6. The van der Waals surface area contributed by atoms with Crippen molar-refractivity contribution in [3.8, 4) is 18.2 Å². The van der Waals surface area contributed by atoms with Crippen LogP contribution in [-0.4, -0.2) is 68.4 Å². The van der Waals surface area contributed by atoms with Crippen molar-refractivity contribution in [3.63, 3.8) is 0 Å². The summed E-state index contributed by atoms with van der Waals surface area (Å²) in [7, 11) is 8.26. The zero-order valence-corrected chi connectivity index (χ0v) is 48.2. The number of hydrogen-bond donors (Lipinski definition) is 0. The molecule has 9 nitrogen and oxygen atoms in total. The summed E-state index contributed by atoms with van der Waals surface area (Å²) in [5.41, 5.74) is 10.7. The second-order valence-electron chi connectivity index (χ2n) is 19.1. The van der Waals surface area contributed by atoms with Gasteiger partial charge in [0.25, 0.3) is 0 Å². The first-order valence-corrected chi connectivity index (χ1v) is 26.6. The van der Waals surface area contributed by atoms with Crippen LogP contribution in [0.5, 0.6) is 0 Å². The minimum absolute atomic E-state index is 0. The molecule has 0 amide bonds. The Bertz CT molecular complexity index is 2790. The van der Waals surface area contributed by atoms with E-state index in [1.165, 1.54) is 64.5 Å². The molecule has 0 saturated heterocycles. The number of imidazole rings is 2. The van der Waals surface area contributed by atoms with Crippen LogP contribution < -0.4 is 43.7 Å². The molecule has 0 aliphatic heterocycles. The van der Waals surface area contributed by atoms with Gasteiger partial charge in [-0.1, -0.05) is 243 Å². The van der Waals surface area contributed by atoms with Gasteiger partial charge in [-0.3, -0.25) is 4.90 Å². The van der Waals surface area contributed by atoms with Crippen molar-refractivity contribution in [1.82, 2.24) is 28.9 Å². The molecule has 2 heterocycles. The van der Waals surface area contributed by atoms with Crippen molar-refractivity contribution in [2.24, 2.45) is 14.1 Å². The molecule has 12 heteroatoms. The van der Waals surface area contributed by atoms with Crippen LogP contribution in [0.25, 0.3) is 0 Å². The molecular weight excluding hydrogens is 1020 g/mol. The number of nitrogens with zero attached hydrogens (tertiary/aromatic N) is 9. The first-order chi connectivity index (χ1) is 38.6. The summed E-state index contributed by atoms with van der Waals surface area (Å²) < 4.78 is 4.14. The van der Waals surface area contributed by atoms with Crippen LogP contribution >= 0.6 is 0 Å². The Morgan fingerprint density at radius 3 is 0.700 bits per heavy atom. The molecule has 0 atom stereocenters. The number of rotatable bonds is 15. The molecule has 0 fully saturated rings. The number of aryl methyl sites for hydroxylation is 2. The zero-order chi connectivity index (χ0) is 56.6. The van der Waals surface area contributed by atoms with Crippen molar-refractivity contribution in [2.45, 2.75) is 33.9 Å². The summed E-state index contributed by atoms with van der Waals surface area (Å²) in [5, 5.41) is 22.0. The van der Waals surface area contributed by atoms with Gasteiger partial charge in [-0.2, -0.15) is 59.5 Å². The number of likely N-dealkylation sites (N-methyl/N-ethyl adjacent to an activating group) is 1. The molecule has 0 unspecified atom stereocenters. The molecular formula is C68H73B2N9Ni. The van der Waals surface area contributed by atoms with Gasteiger partial charge in [0.15, 0.2) is 0 Å². The minimum atomic E-state index is -1.22. The summed E-state index contributed by atoms with van der Waals surface area (Å²) in [6, 6.07) is 92.3. The fraction of sp³-hybridized carbons (Fsp3) is 0.162. The third-order valence-electron chi connectivity index (χ3n) is 13.8. The minimum Gasteiger partial charge on any atom is -0.337 e. The molecule has 0 spiro atoms. The Balaban J connectivity index is 0.000000240. The summed E-state index contributed by atoms with van der Waals surface area (Å²) in [5.74, 6) is 2.16. The average molecular weight is 1100 g/mol. The molecule has 8 aromatic carbocycles. The smallest absolute Gasteiger partial charge is 0.337 e. The molecule has 0 aliphatic carbocycles. The van der Waals surface area contributed by atoms with Gasteiger partial charge in [0, 0.05) is 72.7 Å². The van der Waals surface area contributed by atoms with Crippen LogP contribution in [0.4, 0.5) is 0 Å². The molecule has 406 valence electrons. The summed E-state index contributed by atoms with van der Waals surface area (Å²) in [6.45, 7) is 7.98. The van der Waals surface area contributed by atoms with Crippen LogP contribution in [0.15, 0.2) is 267 Å². The Morgan fingerprint density at radius 1 is 0.362 bits per heavy atom. The maximum Gasteiger partial charge on any atom is 2.00 e. The van der Waals surface area contributed by atoms with Gasteiger partial charge < -0.3 is 14.0 Å². The molecule has 2 aromatic heterocycles. The Kier molecular flexibility index (Phi) is 27.8. The van der Waals surface area contributed by atoms with Crippen LogP contribution in [0, 0.1) is 34.0 Å². The van der Waals surface area contributed by atoms with Crippen molar-refractivity contribution < 1.29 is 16.5 Å². The van der Waals surface area contributed by atoms with Gasteiger partial charge in [0.05, 0.1) is 31.3 Å². The average Bonchev–Trinajstić information content (AvgIpc) is 4.16. The van der Waals surface area contributed by atoms with Gasteiger partial charge in [-0.25, -0.2) is 9.97 Å². The second kappa shape index (κ2) is 34.9. The Morgan fingerprint density at radius 2 is 0.550 bits per heavy atom. The van der Waals surface area contributed by atoms with Crippen LogP contribution in [-0.2, 0) is 43.7 Å². The quantitative estimate of drug-likeness (QED) is 0.0948. The van der Waals surface area contributed by atoms with Crippen LogP contribution in [0.1, 0.15) is 32.4 Å². The number of aromatic nitrogens is 4. The van der Waals surface area contributed by atoms with E-state index in [1.54, 1.807) is 18.2 Å². The monoisotopic (exact) mass is 1100 g/mol. The maximum absolute atomic E-state index is 7.32. The maximum atomic E-state index is 7.32. The number of benzene rings is 8. The van der Waals surface area contributed by atoms with Crippen molar-refractivity contribution in [1.29, 1.82) is 15.8 Å². The fourth-order valence-electron chi connectivity index (χ4n) is 10.3. The number of hydrogen-bond acceptors (Lipinski definition) is 7. The topological polar surface area (TPSA) is 113 Å². The van der Waals surface area contributed by atoms with E-state index in [1.807, 2.05) is 38.9 Å². The van der Waals surface area contributed by atoms with E-state index in [-0.39, 0.29) is 16.5 Å². The van der Waals surface area contributed by atoms with Gasteiger partial charge in [-0.15, -0.1) is 0 Å². The van der Waals surface area contributed by atoms with Crippen molar-refractivity contribution >= 4 is 56.0 Å². The van der Waals surface area contributed by atoms with E-state index in [9.17, 15) is 0 Å². The molecule has 10 aromatic rings. The van der Waals surface area contributed by atoms with E-state index in [0.717, 1.165) is 37.8 Å². The van der Waals surface area contributed by atoms with E-state index >= 15 is 0 Å². The molecule has 0 radical (unpaired) electrons. The SMILES string of the molecule is CC#N.CC#N.CC#N.CN(C)CCN(Cc1nccn1C)Cc1nccn1C.[Ni+2].c1ccc([B-](c2ccccc2)(c2ccccc2)c2ccccc2)cc1.c1ccc([B-](c2ccccc2)(c2ccccc2)c2ccccc2)cc1. The third kappa shape index (κ3) is 17.3. The standard InChI is InChI=1S/2C24H20B.C14H24N6.3C2H3N.Ni/c2*1-5-13-21(14-6-1)25(22-15-7-2-8-16-22,23-17-9-3-10-18-23)24-19-11-4-12-20-24;1-17(2)9-10-20(11-13-15-5-7-18(13)3)12-14-16-6-8-19(14)4;3*1-2-3;/h2*1-20H;5-8H,9-12H2,1-4H3;3*1H3;/q2*-1;;;;;+2. The van der Waals surface area contributed by atoms with Gasteiger partial charge in [0.1, 0.15) is 23.9 Å². The Hall–Kier alpha value is -8.81. The molecule has 80 heavy (non-hydrogen) atoms. The first kappa shape index (κ1) is 63.7. The third-order valence-corrected chi connectivity index (χ3v) is 13.8. The summed E-state index contributed by atoms with van der Waals surface area (Å²) >= 11 is 0. The van der Waals surface area contributed by atoms with Gasteiger partial charge in [-0.05, 0) is 14.1 Å². The summed E-state index contributed by atoms with van der Waals surface area (Å²) in [4.78, 5) is 13.4. The van der Waals surface area contributed by atoms with Crippen molar-refractivity contribution in [3.05, 3.63) is 279 Å². The molecule has 0 bridgehead atoms. The van der Waals surface area contributed by atoms with E-state index in [0.29, 0.717) is 0 Å². The van der Waals surface area contributed by atoms with E-state index < -0.39 is 12.3 Å². The Labute approximate surface area is 486 Å². The van der Waals surface area contributed by atoms with E-state index in [4.69, 9.17) is 15.8 Å². The summed E-state index contributed by atoms with van der Waals surface area (Å²) in [6.07, 6.45) is 5.24. The normalized spacial score (nSPS) is 10.2. The second-order valence-corrected chi connectivity index (χ2v) is 19.1. The van der Waals surface area contributed by atoms with Crippen LogP contribution in [0.2, 0.25) is 0 Å². The predicted molar refractivity (Wildman–Crippen MR) is 333 cm³/mol. The molecule has 0 aliphatic rings. The largest absolute Gasteiger partial charge is 2.00 e. The molecule has 0 saturated carbocycles. The van der Waals surface area contributed by atoms with Gasteiger partial charge in [0.2, 0.25) is 0 Å². The van der Waals surface area contributed by atoms with Crippen molar-refractivity contribution in [2.75, 3.05) is 27.2 Å². The fourth-order valence-corrected chi connectivity index (χ4v) is 10.3. The molecule has 10 rings (SSSR count). The van der Waals surface area contributed by atoms with Crippen LogP contribution in [0.3, 0.4) is 0 Å².